The number of rotatable bonds is 0. The first kappa shape index (κ1) is 14.2. The van der Waals surface area contributed by atoms with Crippen molar-refractivity contribution in [3.8, 4) is 11.5 Å². The van der Waals surface area contributed by atoms with Crippen LogP contribution in [-0.2, 0) is 10.2 Å². The Morgan fingerprint density at radius 1 is 1.22 bits per heavy atom. The zero-order chi connectivity index (χ0) is 17.8. The predicted octanol–water partition coefficient (Wildman–Crippen LogP) is 1.41. The molecule has 0 unspecified atom stereocenters. The highest BCUT2D eigenvalue weighted by molar-refractivity contribution is 6.03. The fourth-order valence-electron chi connectivity index (χ4n) is 9.11. The SMILES string of the molecule is O=C1[C@H]2CN3CCC[C@]45CC[C@]6(Nc7c(ccc8c7OCO8)[C@@]26[C@@H]34)[C@@]1(O)C5. The Labute approximate surface area is 156 Å². The minimum absolute atomic E-state index is 0.0648. The highest BCUT2D eigenvalue weighted by Gasteiger charge is 2.91. The molecule has 8 aliphatic rings. The summed E-state index contributed by atoms with van der Waals surface area (Å²) in [7, 11) is 0. The van der Waals surface area contributed by atoms with Crippen LogP contribution < -0.4 is 14.8 Å². The summed E-state index contributed by atoms with van der Waals surface area (Å²) in [6.07, 6.45) is 4.89. The summed E-state index contributed by atoms with van der Waals surface area (Å²) >= 11 is 0. The van der Waals surface area contributed by atoms with E-state index in [2.05, 4.69) is 16.3 Å². The van der Waals surface area contributed by atoms with Crippen LogP contribution >= 0.6 is 0 Å². The molecule has 0 amide bonds. The Hall–Kier alpha value is -1.79. The normalized spacial score (nSPS) is 52.1. The zero-order valence-electron chi connectivity index (χ0n) is 15.1. The molecule has 0 radical (unpaired) electrons. The molecule has 2 saturated heterocycles. The molecular formula is C21H22N2O4. The van der Waals surface area contributed by atoms with Crippen molar-refractivity contribution in [1.29, 1.82) is 0 Å². The third-order valence-corrected chi connectivity index (χ3v) is 9.53. The highest BCUT2D eigenvalue weighted by atomic mass is 16.7. The van der Waals surface area contributed by atoms with Crippen molar-refractivity contribution in [1.82, 2.24) is 4.90 Å². The molecule has 4 heterocycles. The standard InChI is InChI=1S/C21H22N2O4/c24-16-12-8-23-7-1-4-18-5-6-20(19(16,25)9-18)21(12,17(18)23)11-2-3-13-15(14(11)22-20)27-10-26-13/h2-3,12,17,22,25H,1,4-10H2/t12-,17+,18-,19-,20+,21+/m1/s1. The summed E-state index contributed by atoms with van der Waals surface area (Å²) in [6, 6.07) is 4.50. The quantitative estimate of drug-likeness (QED) is 0.724. The van der Waals surface area contributed by atoms with Crippen LogP contribution in [0.3, 0.4) is 0 Å². The van der Waals surface area contributed by atoms with Gasteiger partial charge in [-0.2, -0.15) is 0 Å². The maximum atomic E-state index is 13.7. The minimum Gasteiger partial charge on any atom is -0.454 e. The van der Waals surface area contributed by atoms with Crippen LogP contribution in [0.4, 0.5) is 5.69 Å². The lowest BCUT2D eigenvalue weighted by Gasteiger charge is -2.68. The number of carbonyl (C=O) groups is 1. The van der Waals surface area contributed by atoms with Crippen LogP contribution in [0.2, 0.25) is 0 Å². The first-order valence-corrected chi connectivity index (χ1v) is 10.3. The van der Waals surface area contributed by atoms with E-state index in [0.717, 1.165) is 49.5 Å². The fourth-order valence-corrected chi connectivity index (χ4v) is 9.11. The van der Waals surface area contributed by atoms with E-state index in [1.165, 1.54) is 12.0 Å². The van der Waals surface area contributed by atoms with E-state index in [9.17, 15) is 9.90 Å². The van der Waals surface area contributed by atoms with Crippen LogP contribution in [0.15, 0.2) is 12.1 Å². The van der Waals surface area contributed by atoms with Gasteiger partial charge in [-0.05, 0) is 55.7 Å². The second kappa shape index (κ2) is 3.72. The van der Waals surface area contributed by atoms with Gasteiger partial charge < -0.3 is 19.9 Å². The van der Waals surface area contributed by atoms with Gasteiger partial charge in [0.2, 0.25) is 6.79 Å². The van der Waals surface area contributed by atoms with Crippen LogP contribution in [0.5, 0.6) is 11.5 Å². The average Bonchev–Trinajstić information content (AvgIpc) is 3.36. The molecular weight excluding hydrogens is 344 g/mol. The second-order valence-corrected chi connectivity index (χ2v) is 9.94. The van der Waals surface area contributed by atoms with Gasteiger partial charge in [0.05, 0.1) is 16.6 Å². The van der Waals surface area contributed by atoms with Gasteiger partial charge in [0.15, 0.2) is 17.3 Å². The number of piperidine rings is 1. The molecule has 0 aromatic heterocycles. The van der Waals surface area contributed by atoms with E-state index in [4.69, 9.17) is 9.47 Å². The molecule has 1 aromatic rings. The fraction of sp³-hybridized carbons (Fsp3) is 0.667. The molecule has 4 aliphatic heterocycles. The van der Waals surface area contributed by atoms with Gasteiger partial charge in [-0.1, -0.05) is 6.07 Å². The van der Waals surface area contributed by atoms with E-state index in [1.54, 1.807) is 0 Å². The molecule has 9 rings (SSSR count). The first-order chi connectivity index (χ1) is 13.1. The smallest absolute Gasteiger partial charge is 0.231 e. The number of nitrogens with zero attached hydrogens (tertiary/aromatic N) is 1. The molecule has 4 aliphatic carbocycles. The molecule has 3 spiro atoms. The third-order valence-electron chi connectivity index (χ3n) is 9.53. The van der Waals surface area contributed by atoms with Crippen molar-refractivity contribution in [3.63, 3.8) is 0 Å². The van der Waals surface area contributed by atoms with Crippen molar-refractivity contribution in [2.75, 3.05) is 25.2 Å². The zero-order valence-corrected chi connectivity index (χ0v) is 15.1. The lowest BCUT2D eigenvalue weighted by molar-refractivity contribution is -0.189. The van der Waals surface area contributed by atoms with Crippen LogP contribution in [0.1, 0.15) is 37.7 Å². The van der Waals surface area contributed by atoms with E-state index in [1.807, 2.05) is 6.07 Å². The Morgan fingerprint density at radius 3 is 3.07 bits per heavy atom. The third kappa shape index (κ3) is 1.06. The summed E-state index contributed by atoms with van der Waals surface area (Å²) in [5, 5.41) is 15.7. The summed E-state index contributed by atoms with van der Waals surface area (Å²) < 4.78 is 11.5. The van der Waals surface area contributed by atoms with Crippen molar-refractivity contribution >= 4 is 11.5 Å². The van der Waals surface area contributed by atoms with Crippen molar-refractivity contribution in [2.24, 2.45) is 11.3 Å². The number of aliphatic hydroxyl groups is 1. The summed E-state index contributed by atoms with van der Waals surface area (Å²) in [6.45, 7) is 2.11. The number of anilines is 1. The number of fused-ring (bicyclic) bond motifs is 4. The molecule has 6 fully saturated rings. The van der Waals surface area contributed by atoms with Crippen molar-refractivity contribution < 1.29 is 19.4 Å². The number of ketones is 1. The Morgan fingerprint density at radius 2 is 2.15 bits per heavy atom. The molecule has 4 saturated carbocycles. The number of ether oxygens (including phenoxy) is 2. The monoisotopic (exact) mass is 366 g/mol. The number of hydrogen-bond acceptors (Lipinski definition) is 6. The van der Waals surface area contributed by atoms with Gasteiger partial charge in [0.1, 0.15) is 5.60 Å². The number of carbonyl (C=O) groups excluding carboxylic acids is 1. The largest absolute Gasteiger partial charge is 0.454 e. The second-order valence-electron chi connectivity index (χ2n) is 9.94. The molecule has 2 N–H and O–H groups in total. The summed E-state index contributed by atoms with van der Waals surface area (Å²) in [5.41, 5.74) is 0.0527. The first-order valence-electron chi connectivity index (χ1n) is 10.3. The van der Waals surface area contributed by atoms with Crippen molar-refractivity contribution in [3.05, 3.63) is 17.7 Å². The molecule has 4 bridgehead atoms. The van der Waals surface area contributed by atoms with Gasteiger partial charge in [-0.3, -0.25) is 9.69 Å². The number of benzene rings is 1. The Balaban J connectivity index is 1.52. The minimum atomic E-state index is -1.26. The molecule has 6 atom stereocenters. The molecule has 6 nitrogen and oxygen atoms in total. The molecule has 6 heteroatoms. The summed E-state index contributed by atoms with van der Waals surface area (Å²) in [5.74, 6) is 1.51. The maximum absolute atomic E-state index is 13.7. The highest BCUT2D eigenvalue weighted by Crippen LogP contribution is 2.81. The predicted molar refractivity (Wildman–Crippen MR) is 94.9 cm³/mol. The van der Waals surface area contributed by atoms with Crippen molar-refractivity contribution in [2.45, 2.75) is 54.7 Å². The lowest BCUT2D eigenvalue weighted by atomic mass is 9.40. The van der Waals surface area contributed by atoms with E-state index >= 15 is 0 Å². The van der Waals surface area contributed by atoms with Crippen LogP contribution in [-0.4, -0.2) is 52.9 Å². The lowest BCUT2D eigenvalue weighted by Crippen LogP contribution is -2.80. The van der Waals surface area contributed by atoms with Gasteiger partial charge in [0, 0.05) is 18.5 Å². The number of Topliss-reactive ketones (excluding diaryl/α,β-unsaturated/α-hetero) is 1. The Bertz CT molecular complexity index is 979. The van der Waals surface area contributed by atoms with E-state index < -0.39 is 11.1 Å². The molecule has 140 valence electrons. The van der Waals surface area contributed by atoms with E-state index in [-0.39, 0.29) is 29.3 Å². The molecule has 27 heavy (non-hydrogen) atoms. The van der Waals surface area contributed by atoms with Gasteiger partial charge >= 0.3 is 0 Å². The maximum Gasteiger partial charge on any atom is 0.231 e. The Kier molecular flexibility index (Phi) is 1.96. The van der Waals surface area contributed by atoms with Gasteiger partial charge in [-0.25, -0.2) is 0 Å². The van der Waals surface area contributed by atoms with Gasteiger partial charge in [-0.15, -0.1) is 0 Å². The average molecular weight is 366 g/mol. The topological polar surface area (TPSA) is 71.0 Å². The van der Waals surface area contributed by atoms with Crippen LogP contribution in [0, 0.1) is 11.3 Å². The van der Waals surface area contributed by atoms with E-state index in [0.29, 0.717) is 12.5 Å². The number of nitrogens with one attached hydrogen (secondary N) is 1. The van der Waals surface area contributed by atoms with Gasteiger partial charge in [0.25, 0.3) is 0 Å². The molecule has 1 aromatic carbocycles. The summed E-state index contributed by atoms with van der Waals surface area (Å²) in [4.78, 5) is 16.3. The number of hydrogen-bond donors (Lipinski definition) is 2. The van der Waals surface area contributed by atoms with Crippen LogP contribution in [0.25, 0.3) is 0 Å².